The molecule has 5 nitrogen and oxygen atoms in total. The lowest BCUT2D eigenvalue weighted by atomic mass is 10.1. The van der Waals surface area contributed by atoms with E-state index in [0.717, 1.165) is 11.1 Å². The molecule has 2 rings (SSSR count). The van der Waals surface area contributed by atoms with Crippen LogP contribution < -0.4 is 5.32 Å². The molecule has 2 aromatic rings. The van der Waals surface area contributed by atoms with Gasteiger partial charge in [-0.05, 0) is 31.6 Å². The lowest BCUT2D eigenvalue weighted by Crippen LogP contribution is -2.14. The van der Waals surface area contributed by atoms with E-state index in [1.165, 1.54) is 6.08 Å². The maximum atomic E-state index is 12.2. The molecule has 0 saturated heterocycles. The molecule has 21 heavy (non-hydrogen) atoms. The minimum absolute atomic E-state index is 0.0219. The molecule has 0 aliphatic heterocycles. The van der Waals surface area contributed by atoms with Crippen LogP contribution in [-0.2, 0) is 11.8 Å². The molecular weight excluding hydrogens is 264 g/mol. The molecule has 1 amide bonds. The van der Waals surface area contributed by atoms with Crippen LogP contribution in [0.1, 0.15) is 16.8 Å². The fourth-order valence-electron chi connectivity index (χ4n) is 1.95. The van der Waals surface area contributed by atoms with Crippen LogP contribution in [0.4, 0.5) is 5.69 Å². The van der Waals surface area contributed by atoms with Gasteiger partial charge in [0.15, 0.2) is 0 Å². The number of aromatic nitrogens is 2. The van der Waals surface area contributed by atoms with Gasteiger partial charge in [0.05, 0.1) is 12.0 Å². The lowest BCUT2D eigenvalue weighted by molar-refractivity contribution is -0.112. The number of amides is 1. The Morgan fingerprint density at radius 1 is 1.43 bits per heavy atom. The number of carbonyl (C=O) groups excluding carboxylic acids is 1. The highest BCUT2D eigenvalue weighted by atomic mass is 16.1. The maximum absolute atomic E-state index is 12.2. The zero-order valence-corrected chi connectivity index (χ0v) is 12.2. The van der Waals surface area contributed by atoms with Crippen LogP contribution in [0.25, 0.3) is 6.08 Å². The fourth-order valence-corrected chi connectivity index (χ4v) is 1.95. The van der Waals surface area contributed by atoms with Gasteiger partial charge in [-0.15, -0.1) is 0 Å². The standard InChI is InChI=1S/C16H16N4O/c1-11-4-5-15(12(2)6-11)19-16(21)13(8-17)7-14-9-20(3)10-18-14/h4-7,9-10H,1-3H3,(H,19,21)/b13-7+. The van der Waals surface area contributed by atoms with E-state index in [1.807, 2.05) is 45.2 Å². The van der Waals surface area contributed by atoms with Gasteiger partial charge in [0.2, 0.25) is 0 Å². The van der Waals surface area contributed by atoms with Gasteiger partial charge >= 0.3 is 0 Å². The first-order valence-electron chi connectivity index (χ1n) is 6.48. The lowest BCUT2D eigenvalue weighted by Gasteiger charge is -2.08. The van der Waals surface area contributed by atoms with Gasteiger partial charge in [0, 0.05) is 18.9 Å². The summed E-state index contributed by atoms with van der Waals surface area (Å²) in [4.78, 5) is 16.2. The second kappa shape index (κ2) is 6.06. The molecule has 0 unspecified atom stereocenters. The van der Waals surface area contributed by atoms with Crippen molar-refractivity contribution in [1.29, 1.82) is 5.26 Å². The van der Waals surface area contributed by atoms with Crippen LogP contribution in [0.5, 0.6) is 0 Å². The first-order valence-corrected chi connectivity index (χ1v) is 6.48. The van der Waals surface area contributed by atoms with E-state index in [-0.39, 0.29) is 5.57 Å². The normalized spacial score (nSPS) is 11.0. The SMILES string of the molecule is Cc1ccc(NC(=O)/C(C#N)=C/c2cn(C)cn2)c(C)c1. The monoisotopic (exact) mass is 280 g/mol. The summed E-state index contributed by atoms with van der Waals surface area (Å²) in [7, 11) is 1.83. The van der Waals surface area contributed by atoms with Crippen molar-refractivity contribution in [3.63, 3.8) is 0 Å². The highest BCUT2D eigenvalue weighted by Gasteiger charge is 2.11. The van der Waals surface area contributed by atoms with Crippen LogP contribution in [0.15, 0.2) is 36.3 Å². The summed E-state index contributed by atoms with van der Waals surface area (Å²) >= 11 is 0. The van der Waals surface area contributed by atoms with Gasteiger partial charge in [-0.2, -0.15) is 5.26 Å². The molecule has 1 heterocycles. The molecule has 5 heteroatoms. The topological polar surface area (TPSA) is 70.7 Å². The fraction of sp³-hybridized carbons (Fsp3) is 0.188. The first-order chi connectivity index (χ1) is 9.99. The summed E-state index contributed by atoms with van der Waals surface area (Å²) in [5.74, 6) is -0.435. The molecular formula is C16H16N4O. The van der Waals surface area contributed by atoms with Gasteiger partial charge < -0.3 is 9.88 Å². The van der Waals surface area contributed by atoms with E-state index in [2.05, 4.69) is 10.3 Å². The van der Waals surface area contributed by atoms with Crippen molar-refractivity contribution in [3.8, 4) is 6.07 Å². The molecule has 0 atom stereocenters. The molecule has 1 aromatic heterocycles. The highest BCUT2D eigenvalue weighted by molar-refractivity contribution is 6.09. The molecule has 0 bridgehead atoms. The third-order valence-corrected chi connectivity index (χ3v) is 3.01. The van der Waals surface area contributed by atoms with Gasteiger partial charge in [0.25, 0.3) is 5.91 Å². The number of hydrogen-bond acceptors (Lipinski definition) is 3. The van der Waals surface area contributed by atoms with Gasteiger partial charge in [-0.1, -0.05) is 17.7 Å². The minimum atomic E-state index is -0.435. The molecule has 1 aromatic carbocycles. The van der Waals surface area contributed by atoms with Crippen molar-refractivity contribution in [3.05, 3.63) is 53.1 Å². The average Bonchev–Trinajstić information content (AvgIpc) is 2.84. The zero-order valence-electron chi connectivity index (χ0n) is 12.2. The molecule has 0 fully saturated rings. The second-order valence-corrected chi connectivity index (χ2v) is 4.91. The number of benzene rings is 1. The van der Waals surface area contributed by atoms with Gasteiger partial charge in [-0.25, -0.2) is 4.98 Å². The van der Waals surface area contributed by atoms with E-state index < -0.39 is 5.91 Å². The summed E-state index contributed by atoms with van der Waals surface area (Å²) < 4.78 is 1.75. The predicted octanol–water partition coefficient (Wildman–Crippen LogP) is 2.58. The van der Waals surface area contributed by atoms with Gasteiger partial charge in [0.1, 0.15) is 11.6 Å². The van der Waals surface area contributed by atoms with Crippen molar-refractivity contribution < 1.29 is 4.79 Å². The molecule has 1 N–H and O–H groups in total. The number of carbonyl (C=O) groups is 1. The third kappa shape index (κ3) is 3.57. The van der Waals surface area contributed by atoms with Crippen LogP contribution in [0, 0.1) is 25.2 Å². The Hall–Kier alpha value is -2.87. The quantitative estimate of drug-likeness (QED) is 0.694. The number of nitrogens with one attached hydrogen (secondary N) is 1. The number of nitrogens with zero attached hydrogens (tertiary/aromatic N) is 3. The number of rotatable bonds is 3. The Kier molecular flexibility index (Phi) is 4.19. The van der Waals surface area contributed by atoms with Crippen LogP contribution >= 0.6 is 0 Å². The number of hydrogen-bond donors (Lipinski definition) is 1. The van der Waals surface area contributed by atoms with E-state index in [4.69, 9.17) is 5.26 Å². The summed E-state index contributed by atoms with van der Waals surface area (Å²) in [5.41, 5.74) is 3.37. The average molecular weight is 280 g/mol. The van der Waals surface area contributed by atoms with Crippen molar-refractivity contribution >= 4 is 17.7 Å². The zero-order chi connectivity index (χ0) is 15.4. The predicted molar refractivity (Wildman–Crippen MR) is 81.3 cm³/mol. The van der Waals surface area contributed by atoms with Crippen molar-refractivity contribution in [2.24, 2.45) is 7.05 Å². The summed E-state index contributed by atoms with van der Waals surface area (Å²) in [6, 6.07) is 7.63. The molecule has 0 spiro atoms. The molecule has 0 aliphatic rings. The number of aryl methyl sites for hydroxylation is 3. The largest absolute Gasteiger partial charge is 0.340 e. The van der Waals surface area contributed by atoms with Crippen LogP contribution in [-0.4, -0.2) is 15.5 Å². The Balaban J connectivity index is 2.21. The second-order valence-electron chi connectivity index (χ2n) is 4.91. The molecule has 106 valence electrons. The molecule has 0 saturated carbocycles. The molecule has 0 aliphatic carbocycles. The number of nitriles is 1. The maximum Gasteiger partial charge on any atom is 0.266 e. The Morgan fingerprint density at radius 3 is 2.76 bits per heavy atom. The molecule has 0 radical (unpaired) electrons. The summed E-state index contributed by atoms with van der Waals surface area (Å²) in [6.07, 6.45) is 4.82. The van der Waals surface area contributed by atoms with Crippen molar-refractivity contribution in [2.75, 3.05) is 5.32 Å². The first kappa shape index (κ1) is 14.5. The Morgan fingerprint density at radius 2 is 2.19 bits per heavy atom. The van der Waals surface area contributed by atoms with Crippen molar-refractivity contribution in [2.45, 2.75) is 13.8 Å². The van der Waals surface area contributed by atoms with Crippen molar-refractivity contribution in [1.82, 2.24) is 9.55 Å². The van der Waals surface area contributed by atoms with E-state index >= 15 is 0 Å². The summed E-state index contributed by atoms with van der Waals surface area (Å²) in [6.45, 7) is 3.90. The van der Waals surface area contributed by atoms with Crippen LogP contribution in [0.3, 0.4) is 0 Å². The smallest absolute Gasteiger partial charge is 0.266 e. The highest BCUT2D eigenvalue weighted by Crippen LogP contribution is 2.17. The Bertz CT molecular complexity index is 750. The Labute approximate surface area is 123 Å². The van der Waals surface area contributed by atoms with E-state index in [1.54, 1.807) is 17.1 Å². The number of anilines is 1. The van der Waals surface area contributed by atoms with E-state index in [0.29, 0.717) is 11.4 Å². The third-order valence-electron chi connectivity index (χ3n) is 3.01. The number of imidazole rings is 1. The minimum Gasteiger partial charge on any atom is -0.340 e. The van der Waals surface area contributed by atoms with E-state index in [9.17, 15) is 4.79 Å². The van der Waals surface area contributed by atoms with Crippen LogP contribution in [0.2, 0.25) is 0 Å². The van der Waals surface area contributed by atoms with Gasteiger partial charge in [-0.3, -0.25) is 4.79 Å². The summed E-state index contributed by atoms with van der Waals surface area (Å²) in [5, 5.41) is 11.9.